The highest BCUT2D eigenvalue weighted by molar-refractivity contribution is 7.89. The van der Waals surface area contributed by atoms with Crippen molar-refractivity contribution in [3.05, 3.63) is 12.4 Å². The first kappa shape index (κ1) is 20.5. The van der Waals surface area contributed by atoms with Gasteiger partial charge in [-0.25, -0.2) is 8.42 Å². The van der Waals surface area contributed by atoms with Gasteiger partial charge in [0.05, 0.1) is 6.20 Å². The maximum atomic E-state index is 12.7. The molecular formula is C18H26N6O3S. The molecule has 10 heteroatoms. The van der Waals surface area contributed by atoms with Crippen molar-refractivity contribution in [2.75, 3.05) is 19.6 Å². The minimum absolute atomic E-state index is 0.0383. The third kappa shape index (κ3) is 4.59. The van der Waals surface area contributed by atoms with Crippen LogP contribution in [0.2, 0.25) is 0 Å². The number of carbonyl (C=O) groups is 1. The number of piperidine rings is 1. The van der Waals surface area contributed by atoms with E-state index in [1.165, 1.54) is 16.7 Å². The fourth-order valence-corrected chi connectivity index (χ4v) is 4.78. The number of amides is 1. The number of nitrogens with zero attached hydrogens (tertiary/aromatic N) is 5. The van der Waals surface area contributed by atoms with Crippen LogP contribution in [0, 0.1) is 18.3 Å². The van der Waals surface area contributed by atoms with E-state index >= 15 is 0 Å². The Hall–Kier alpha value is -2.25. The Labute approximate surface area is 165 Å². The van der Waals surface area contributed by atoms with E-state index < -0.39 is 15.7 Å². The zero-order valence-corrected chi connectivity index (χ0v) is 16.9. The molecule has 0 spiro atoms. The van der Waals surface area contributed by atoms with E-state index in [1.807, 2.05) is 6.92 Å². The van der Waals surface area contributed by atoms with Crippen LogP contribution < -0.4 is 5.32 Å². The van der Waals surface area contributed by atoms with E-state index in [2.05, 4.69) is 26.6 Å². The number of aryl methyl sites for hydroxylation is 1. The molecule has 1 aromatic rings. The molecule has 0 radical (unpaired) electrons. The maximum absolute atomic E-state index is 12.7. The number of rotatable bonds is 9. The van der Waals surface area contributed by atoms with Gasteiger partial charge in [0, 0.05) is 57.6 Å². The molecule has 2 aliphatic rings. The number of aromatic nitrogens is 2. The lowest BCUT2D eigenvalue weighted by atomic mass is 9.97. The molecule has 1 N–H and O–H groups in total. The van der Waals surface area contributed by atoms with Gasteiger partial charge in [0.1, 0.15) is 4.90 Å². The second-order valence-corrected chi connectivity index (χ2v) is 9.08. The Balaban J connectivity index is 1.44. The number of sulfonamides is 1. The van der Waals surface area contributed by atoms with Gasteiger partial charge in [-0.1, -0.05) is 0 Å². The van der Waals surface area contributed by atoms with Crippen LogP contribution in [0.5, 0.6) is 0 Å². The van der Waals surface area contributed by atoms with E-state index in [1.54, 1.807) is 4.68 Å². The zero-order valence-electron chi connectivity index (χ0n) is 16.0. The van der Waals surface area contributed by atoms with Crippen molar-refractivity contribution in [1.82, 2.24) is 19.4 Å². The van der Waals surface area contributed by atoms with E-state index in [0.29, 0.717) is 58.3 Å². The molecule has 28 heavy (non-hydrogen) atoms. The SMILES string of the molecule is C#CCCC1(CCNC(=O)C2CCN(S(=O)(=O)c3cnn(CC)c3)CC2)N=N1. The Morgan fingerprint density at radius 2 is 2.07 bits per heavy atom. The molecule has 3 rings (SSSR count). The summed E-state index contributed by atoms with van der Waals surface area (Å²) >= 11 is 0. The number of terminal acetylenes is 1. The lowest BCUT2D eigenvalue weighted by Gasteiger charge is -2.30. The first-order chi connectivity index (χ1) is 13.4. The molecule has 9 nitrogen and oxygen atoms in total. The van der Waals surface area contributed by atoms with Crippen LogP contribution in [-0.4, -0.2) is 53.7 Å². The standard InChI is InChI=1S/C18H26N6O3S/c1-3-5-8-18(21-22-18)9-10-19-17(25)15-6-11-24(12-7-15)28(26,27)16-13-20-23(4-2)14-16/h1,13-15H,4-12H2,2H3,(H,19,25). The molecule has 0 atom stereocenters. The number of hydrogen-bond acceptors (Lipinski definition) is 6. The molecule has 1 saturated heterocycles. The third-order valence-electron chi connectivity index (χ3n) is 5.27. The van der Waals surface area contributed by atoms with Gasteiger partial charge in [0.25, 0.3) is 0 Å². The van der Waals surface area contributed by atoms with Gasteiger partial charge in [0.15, 0.2) is 5.66 Å². The average Bonchev–Trinajstić information content (AvgIpc) is 3.29. The summed E-state index contributed by atoms with van der Waals surface area (Å²) in [6.45, 7) is 3.66. The minimum Gasteiger partial charge on any atom is -0.356 e. The van der Waals surface area contributed by atoms with Crippen molar-refractivity contribution < 1.29 is 13.2 Å². The molecule has 1 amide bonds. The van der Waals surface area contributed by atoms with Gasteiger partial charge in [-0.05, 0) is 19.8 Å². The van der Waals surface area contributed by atoms with Crippen LogP contribution >= 0.6 is 0 Å². The highest BCUT2D eigenvalue weighted by atomic mass is 32.2. The lowest BCUT2D eigenvalue weighted by Crippen LogP contribution is -2.43. The summed E-state index contributed by atoms with van der Waals surface area (Å²) in [6.07, 6.45) is 11.2. The molecule has 2 aliphatic heterocycles. The van der Waals surface area contributed by atoms with E-state index in [9.17, 15) is 13.2 Å². The summed E-state index contributed by atoms with van der Waals surface area (Å²) in [7, 11) is -3.56. The van der Waals surface area contributed by atoms with Gasteiger partial charge in [-0.2, -0.15) is 19.6 Å². The summed E-state index contributed by atoms with van der Waals surface area (Å²) in [5.41, 5.74) is -0.403. The van der Waals surface area contributed by atoms with Crippen molar-refractivity contribution in [3.63, 3.8) is 0 Å². The quantitative estimate of drug-likeness (QED) is 0.625. The normalized spacial score (nSPS) is 19.3. The van der Waals surface area contributed by atoms with E-state index in [-0.39, 0.29) is 16.7 Å². The summed E-state index contributed by atoms with van der Waals surface area (Å²) in [4.78, 5) is 12.6. The highest BCUT2D eigenvalue weighted by Crippen LogP contribution is 2.36. The van der Waals surface area contributed by atoms with Crippen molar-refractivity contribution >= 4 is 15.9 Å². The fourth-order valence-electron chi connectivity index (χ4n) is 3.36. The van der Waals surface area contributed by atoms with Gasteiger partial charge in [0.2, 0.25) is 15.9 Å². The first-order valence-electron chi connectivity index (χ1n) is 9.58. The second-order valence-electron chi connectivity index (χ2n) is 7.14. The number of nitrogens with one attached hydrogen (secondary N) is 1. The predicted molar refractivity (Wildman–Crippen MR) is 103 cm³/mol. The molecule has 1 aromatic heterocycles. The van der Waals surface area contributed by atoms with Gasteiger partial charge in [-0.15, -0.1) is 12.3 Å². The molecule has 3 heterocycles. The molecule has 1 fully saturated rings. The molecule has 152 valence electrons. The summed E-state index contributed by atoms with van der Waals surface area (Å²) < 4.78 is 28.4. The number of hydrogen-bond donors (Lipinski definition) is 1. The van der Waals surface area contributed by atoms with Gasteiger partial charge < -0.3 is 5.32 Å². The molecular weight excluding hydrogens is 380 g/mol. The van der Waals surface area contributed by atoms with Crippen molar-refractivity contribution in [2.45, 2.75) is 56.1 Å². The zero-order chi connectivity index (χ0) is 20.2. The monoisotopic (exact) mass is 406 g/mol. The number of carbonyl (C=O) groups excluding carboxylic acids is 1. The minimum atomic E-state index is -3.56. The van der Waals surface area contributed by atoms with E-state index in [4.69, 9.17) is 6.42 Å². The van der Waals surface area contributed by atoms with E-state index in [0.717, 1.165) is 0 Å². The fraction of sp³-hybridized carbons (Fsp3) is 0.667. The second kappa shape index (κ2) is 8.41. The Bertz CT molecular complexity index is 871. The summed E-state index contributed by atoms with van der Waals surface area (Å²) in [6, 6.07) is 0. The first-order valence-corrected chi connectivity index (χ1v) is 11.0. The largest absolute Gasteiger partial charge is 0.356 e. The Morgan fingerprint density at radius 1 is 1.36 bits per heavy atom. The lowest BCUT2D eigenvalue weighted by molar-refractivity contribution is -0.126. The maximum Gasteiger partial charge on any atom is 0.246 e. The van der Waals surface area contributed by atoms with Crippen molar-refractivity contribution in [3.8, 4) is 12.3 Å². The molecule has 0 unspecified atom stereocenters. The Kier molecular flexibility index (Phi) is 6.15. The smallest absolute Gasteiger partial charge is 0.246 e. The topological polar surface area (TPSA) is 109 Å². The summed E-state index contributed by atoms with van der Waals surface area (Å²) in [5.74, 6) is 2.36. The van der Waals surface area contributed by atoms with Crippen molar-refractivity contribution in [1.29, 1.82) is 0 Å². The van der Waals surface area contributed by atoms with Crippen LogP contribution in [0.3, 0.4) is 0 Å². The molecule has 0 aliphatic carbocycles. The molecule has 0 saturated carbocycles. The predicted octanol–water partition coefficient (Wildman–Crippen LogP) is 1.39. The van der Waals surface area contributed by atoms with Crippen LogP contribution in [0.1, 0.15) is 39.0 Å². The molecule has 0 aromatic carbocycles. The summed E-state index contributed by atoms with van der Waals surface area (Å²) in [5, 5.41) is 15.1. The average molecular weight is 407 g/mol. The highest BCUT2D eigenvalue weighted by Gasteiger charge is 2.39. The molecule has 0 bridgehead atoms. The van der Waals surface area contributed by atoms with Crippen LogP contribution in [0.15, 0.2) is 27.5 Å². The Morgan fingerprint density at radius 3 is 2.64 bits per heavy atom. The van der Waals surface area contributed by atoms with Gasteiger partial charge in [-0.3, -0.25) is 9.48 Å². The third-order valence-corrected chi connectivity index (χ3v) is 7.12. The van der Waals surface area contributed by atoms with Crippen LogP contribution in [-0.2, 0) is 21.4 Å². The van der Waals surface area contributed by atoms with Gasteiger partial charge >= 0.3 is 0 Å². The van der Waals surface area contributed by atoms with Crippen molar-refractivity contribution in [2.24, 2.45) is 16.1 Å². The van der Waals surface area contributed by atoms with Crippen LogP contribution in [0.25, 0.3) is 0 Å². The van der Waals surface area contributed by atoms with Crippen LogP contribution in [0.4, 0.5) is 0 Å².